The molecule has 1 aromatic heterocycles. The maximum Gasteiger partial charge on any atom is 0.193 e. The van der Waals surface area contributed by atoms with E-state index in [2.05, 4.69) is 11.1 Å². The fraction of sp³-hybridized carbons (Fsp3) is 0. The second-order valence-corrected chi connectivity index (χ2v) is 5.69. The van der Waals surface area contributed by atoms with Crippen LogP contribution in [0.3, 0.4) is 0 Å². The van der Waals surface area contributed by atoms with E-state index >= 15 is 0 Å². The average molecular weight is 309 g/mol. The average Bonchev–Trinajstić information content (AvgIpc) is 2.68. The largest absolute Gasteiger partial charge is 0.289 e. The third kappa shape index (κ3) is 2.70. The Kier molecular flexibility index (Phi) is 3.64. The lowest BCUT2D eigenvalue weighted by Gasteiger charge is -2.07. The third-order valence-corrected chi connectivity index (χ3v) is 4.10. The number of carbonyl (C=O) groups excluding carboxylic acids is 1. The molecule has 2 heteroatoms. The van der Waals surface area contributed by atoms with Gasteiger partial charge in [-0.2, -0.15) is 0 Å². The lowest BCUT2D eigenvalue weighted by Crippen LogP contribution is -2.00. The summed E-state index contributed by atoms with van der Waals surface area (Å²) < 4.78 is 0. The molecule has 24 heavy (non-hydrogen) atoms. The van der Waals surface area contributed by atoms with Crippen molar-refractivity contribution in [2.75, 3.05) is 0 Å². The van der Waals surface area contributed by atoms with Gasteiger partial charge in [-0.1, -0.05) is 60.7 Å². The molecule has 4 aromatic rings. The molecule has 0 aliphatic rings. The first-order valence-electron chi connectivity index (χ1n) is 7.86. The van der Waals surface area contributed by atoms with Crippen molar-refractivity contribution in [2.24, 2.45) is 0 Å². The molecule has 0 aliphatic heterocycles. The summed E-state index contributed by atoms with van der Waals surface area (Å²) >= 11 is 0. The van der Waals surface area contributed by atoms with Crippen molar-refractivity contribution in [3.63, 3.8) is 0 Å². The van der Waals surface area contributed by atoms with Crippen LogP contribution in [-0.2, 0) is 0 Å². The molecule has 3 aromatic carbocycles. The monoisotopic (exact) mass is 309 g/mol. The van der Waals surface area contributed by atoms with E-state index < -0.39 is 0 Å². The summed E-state index contributed by atoms with van der Waals surface area (Å²) in [6, 6.07) is 27.3. The topological polar surface area (TPSA) is 30.0 Å². The van der Waals surface area contributed by atoms with E-state index in [-0.39, 0.29) is 5.78 Å². The molecule has 0 atom stereocenters. The molecule has 1 heterocycles. The first-order valence-corrected chi connectivity index (χ1v) is 7.86. The van der Waals surface area contributed by atoms with E-state index in [4.69, 9.17) is 0 Å². The second-order valence-electron chi connectivity index (χ2n) is 5.69. The van der Waals surface area contributed by atoms with Crippen LogP contribution in [0.2, 0.25) is 0 Å². The summed E-state index contributed by atoms with van der Waals surface area (Å²) in [4.78, 5) is 17.0. The first-order chi connectivity index (χ1) is 11.8. The highest BCUT2D eigenvalue weighted by Gasteiger charge is 2.09. The highest BCUT2D eigenvalue weighted by atomic mass is 16.1. The van der Waals surface area contributed by atoms with E-state index in [0.717, 1.165) is 22.0 Å². The number of hydrogen-bond acceptors (Lipinski definition) is 2. The van der Waals surface area contributed by atoms with Crippen LogP contribution in [0, 0.1) is 0 Å². The molecule has 4 rings (SSSR count). The summed E-state index contributed by atoms with van der Waals surface area (Å²) in [5.41, 5.74) is 4.49. The van der Waals surface area contributed by atoms with Crippen LogP contribution >= 0.6 is 0 Å². The van der Waals surface area contributed by atoms with Crippen LogP contribution in [0.15, 0.2) is 91.1 Å². The van der Waals surface area contributed by atoms with Crippen LogP contribution in [0.5, 0.6) is 0 Å². The fourth-order valence-corrected chi connectivity index (χ4v) is 2.85. The van der Waals surface area contributed by atoms with Gasteiger partial charge in [-0.15, -0.1) is 0 Å². The highest BCUT2D eigenvalue weighted by Crippen LogP contribution is 2.25. The minimum Gasteiger partial charge on any atom is -0.289 e. The Labute approximate surface area is 140 Å². The predicted octanol–water partition coefficient (Wildman–Crippen LogP) is 5.13. The quantitative estimate of drug-likeness (QED) is 0.491. The Hall–Kier alpha value is -3.26. The molecule has 2 nitrogen and oxygen atoms in total. The smallest absolute Gasteiger partial charge is 0.193 e. The molecular formula is C22H15NO. The van der Waals surface area contributed by atoms with Crippen molar-refractivity contribution in [2.45, 2.75) is 0 Å². The molecule has 0 amide bonds. The zero-order valence-corrected chi connectivity index (χ0v) is 13.0. The van der Waals surface area contributed by atoms with Crippen LogP contribution in [0.25, 0.3) is 22.0 Å². The number of benzene rings is 3. The van der Waals surface area contributed by atoms with E-state index in [9.17, 15) is 4.79 Å². The van der Waals surface area contributed by atoms with E-state index in [1.807, 2.05) is 78.9 Å². The summed E-state index contributed by atoms with van der Waals surface area (Å²) in [6.45, 7) is 0. The van der Waals surface area contributed by atoms with E-state index in [0.29, 0.717) is 11.1 Å². The molecule has 0 bridgehead atoms. The van der Waals surface area contributed by atoms with Gasteiger partial charge in [-0.3, -0.25) is 9.78 Å². The second kappa shape index (κ2) is 6.09. The van der Waals surface area contributed by atoms with Gasteiger partial charge in [-0.05, 0) is 35.4 Å². The molecule has 0 radical (unpaired) electrons. The SMILES string of the molecule is O=C(c1ccccc1)c1cccc(-c2ccc3ncccc3c2)c1. The lowest BCUT2D eigenvalue weighted by molar-refractivity contribution is 0.103. The lowest BCUT2D eigenvalue weighted by atomic mass is 9.97. The van der Waals surface area contributed by atoms with Gasteiger partial charge in [0.05, 0.1) is 5.52 Å². The zero-order valence-electron chi connectivity index (χ0n) is 13.0. The Morgan fingerprint density at radius 1 is 0.667 bits per heavy atom. The number of nitrogens with zero attached hydrogens (tertiary/aromatic N) is 1. The minimum atomic E-state index is 0.0416. The minimum absolute atomic E-state index is 0.0416. The van der Waals surface area contributed by atoms with Gasteiger partial charge >= 0.3 is 0 Å². The number of ketones is 1. The van der Waals surface area contributed by atoms with E-state index in [1.54, 1.807) is 6.20 Å². The maximum atomic E-state index is 12.6. The standard InChI is InChI=1S/C22H15NO/c24-22(16-6-2-1-3-7-16)20-9-4-8-17(15-20)18-11-12-21-19(14-18)10-5-13-23-21/h1-15H. The number of rotatable bonds is 3. The summed E-state index contributed by atoms with van der Waals surface area (Å²) in [5.74, 6) is 0.0416. The van der Waals surface area contributed by atoms with Crippen molar-refractivity contribution in [1.29, 1.82) is 0 Å². The molecular weight excluding hydrogens is 294 g/mol. The van der Waals surface area contributed by atoms with Gasteiger partial charge in [0.15, 0.2) is 5.78 Å². The summed E-state index contributed by atoms with van der Waals surface area (Å²) in [7, 11) is 0. The Balaban J connectivity index is 1.75. The molecule has 0 unspecified atom stereocenters. The third-order valence-electron chi connectivity index (χ3n) is 4.10. The van der Waals surface area contributed by atoms with Crippen molar-refractivity contribution < 1.29 is 4.79 Å². The van der Waals surface area contributed by atoms with Gasteiger partial charge in [0.1, 0.15) is 0 Å². The Morgan fingerprint density at radius 3 is 2.33 bits per heavy atom. The number of pyridine rings is 1. The van der Waals surface area contributed by atoms with Crippen LogP contribution in [-0.4, -0.2) is 10.8 Å². The van der Waals surface area contributed by atoms with Gasteiger partial charge in [-0.25, -0.2) is 0 Å². The van der Waals surface area contributed by atoms with Gasteiger partial charge < -0.3 is 0 Å². The van der Waals surface area contributed by atoms with Crippen molar-refractivity contribution >= 4 is 16.7 Å². The maximum absolute atomic E-state index is 12.6. The highest BCUT2D eigenvalue weighted by molar-refractivity contribution is 6.09. The Bertz CT molecular complexity index is 1020. The predicted molar refractivity (Wildman–Crippen MR) is 97.1 cm³/mol. The normalized spacial score (nSPS) is 10.7. The summed E-state index contributed by atoms with van der Waals surface area (Å²) in [6.07, 6.45) is 1.79. The van der Waals surface area contributed by atoms with E-state index in [1.165, 1.54) is 0 Å². The van der Waals surface area contributed by atoms with Crippen LogP contribution in [0.4, 0.5) is 0 Å². The first kappa shape index (κ1) is 14.3. The number of hydrogen-bond donors (Lipinski definition) is 0. The van der Waals surface area contributed by atoms with Crippen molar-refractivity contribution in [1.82, 2.24) is 4.98 Å². The molecule has 0 N–H and O–H groups in total. The number of carbonyl (C=O) groups is 1. The van der Waals surface area contributed by atoms with Crippen LogP contribution < -0.4 is 0 Å². The Morgan fingerprint density at radius 2 is 1.46 bits per heavy atom. The van der Waals surface area contributed by atoms with Gasteiger partial charge in [0.2, 0.25) is 0 Å². The molecule has 0 saturated heterocycles. The van der Waals surface area contributed by atoms with Gasteiger partial charge in [0.25, 0.3) is 0 Å². The summed E-state index contributed by atoms with van der Waals surface area (Å²) in [5, 5.41) is 1.09. The molecule has 0 aliphatic carbocycles. The zero-order chi connectivity index (χ0) is 16.4. The number of fused-ring (bicyclic) bond motifs is 1. The van der Waals surface area contributed by atoms with Gasteiger partial charge in [0, 0.05) is 22.7 Å². The molecule has 0 spiro atoms. The van der Waals surface area contributed by atoms with Crippen LogP contribution in [0.1, 0.15) is 15.9 Å². The molecule has 0 fully saturated rings. The number of aromatic nitrogens is 1. The fourth-order valence-electron chi connectivity index (χ4n) is 2.85. The molecule has 0 saturated carbocycles. The van der Waals surface area contributed by atoms with Crippen molar-refractivity contribution in [3.8, 4) is 11.1 Å². The van der Waals surface area contributed by atoms with Crippen molar-refractivity contribution in [3.05, 3.63) is 102 Å². The molecule has 114 valence electrons.